The van der Waals surface area contributed by atoms with Gasteiger partial charge in [0.1, 0.15) is 24.1 Å². The van der Waals surface area contributed by atoms with E-state index in [1.165, 1.54) is 17.5 Å². The maximum absolute atomic E-state index is 15.0. The Morgan fingerprint density at radius 1 is 1.26 bits per heavy atom. The van der Waals surface area contributed by atoms with E-state index < -0.39 is 12.4 Å². The van der Waals surface area contributed by atoms with E-state index in [2.05, 4.69) is 15.1 Å². The van der Waals surface area contributed by atoms with Gasteiger partial charge in [-0.2, -0.15) is 9.61 Å². The maximum atomic E-state index is 15.0. The van der Waals surface area contributed by atoms with Crippen LogP contribution in [0.15, 0.2) is 36.8 Å². The number of nitrogen functional groups attached to an aromatic ring is 1. The lowest BCUT2D eigenvalue weighted by atomic mass is 10.00. The molecule has 1 atom stereocenters. The summed E-state index contributed by atoms with van der Waals surface area (Å²) < 4.78 is 16.4. The third-order valence-corrected chi connectivity index (χ3v) is 6.69. The number of Topliss-reactive ketones (excluding diaryl/α,β-unsaturated/α-hetero) is 1. The van der Waals surface area contributed by atoms with Crippen molar-refractivity contribution in [3.05, 3.63) is 53.9 Å². The van der Waals surface area contributed by atoms with Crippen LogP contribution in [0.2, 0.25) is 0 Å². The number of carbonyl (C=O) groups is 2. The number of aryl methyl sites for hydroxylation is 1. The van der Waals surface area contributed by atoms with Crippen molar-refractivity contribution in [2.75, 3.05) is 18.9 Å². The summed E-state index contributed by atoms with van der Waals surface area (Å²) in [6.07, 6.45) is 7.07. The first-order valence-corrected chi connectivity index (χ1v) is 12.7. The number of aliphatic hydroxyl groups excluding tert-OH is 1. The molecular formula is C27H32FN7O3. The Morgan fingerprint density at radius 3 is 2.66 bits per heavy atom. The number of carbonyl (C=O) groups excluding carboxylic acids is 2. The van der Waals surface area contributed by atoms with Gasteiger partial charge in [-0.1, -0.05) is 19.9 Å². The number of benzene rings is 1. The highest BCUT2D eigenvalue weighted by Gasteiger charge is 2.25. The van der Waals surface area contributed by atoms with Crippen LogP contribution in [-0.4, -0.2) is 65.5 Å². The first-order chi connectivity index (χ1) is 18.3. The van der Waals surface area contributed by atoms with Gasteiger partial charge in [0, 0.05) is 30.5 Å². The number of hydrogen-bond donors (Lipinski definition) is 3. The summed E-state index contributed by atoms with van der Waals surface area (Å²) >= 11 is 0. The number of nitrogens with two attached hydrogens (primary N) is 1. The van der Waals surface area contributed by atoms with Gasteiger partial charge in [0.2, 0.25) is 5.91 Å². The number of imidazole rings is 1. The van der Waals surface area contributed by atoms with E-state index in [1.54, 1.807) is 35.6 Å². The molecule has 0 saturated heterocycles. The van der Waals surface area contributed by atoms with Crippen molar-refractivity contribution in [2.45, 2.75) is 52.5 Å². The zero-order valence-corrected chi connectivity index (χ0v) is 21.7. The van der Waals surface area contributed by atoms with Crippen LogP contribution < -0.4 is 5.73 Å². The first kappa shape index (κ1) is 26.9. The standard InChI is InChI=1S/C27H32FN7O3/c1-4-12-34(23(38)15-36)18(5-2)7-9-22-24(16(3)37)25(29)35-27(33-22)20(14-32-35)17-6-8-19(21(28)13-17)26-30-10-11-31-26/h6,8,10-11,13-14,18,36H,4-5,7,9,12,15,29H2,1-3H3,(H,30,31)/t18-/m1/s1. The van der Waals surface area contributed by atoms with Gasteiger partial charge in [-0.25, -0.2) is 14.4 Å². The summed E-state index contributed by atoms with van der Waals surface area (Å²) in [6.45, 7) is 5.34. The van der Waals surface area contributed by atoms with Crippen LogP contribution >= 0.6 is 0 Å². The van der Waals surface area contributed by atoms with E-state index in [0.29, 0.717) is 59.7 Å². The molecule has 4 rings (SSSR count). The number of hydrogen-bond acceptors (Lipinski definition) is 7. The monoisotopic (exact) mass is 521 g/mol. The van der Waals surface area contributed by atoms with E-state index in [4.69, 9.17) is 10.7 Å². The Hall–Kier alpha value is -4.12. The molecule has 0 fully saturated rings. The number of rotatable bonds is 11. The lowest BCUT2D eigenvalue weighted by Crippen LogP contribution is -2.42. The second-order valence-corrected chi connectivity index (χ2v) is 9.15. The minimum Gasteiger partial charge on any atom is -0.387 e. The molecule has 1 aromatic carbocycles. The molecular weight excluding hydrogens is 489 g/mol. The van der Waals surface area contributed by atoms with Crippen molar-refractivity contribution in [1.82, 2.24) is 29.5 Å². The summed E-state index contributed by atoms with van der Waals surface area (Å²) in [6, 6.07) is 4.64. The Bertz CT molecular complexity index is 1450. The predicted octanol–water partition coefficient (Wildman–Crippen LogP) is 3.65. The summed E-state index contributed by atoms with van der Waals surface area (Å²) in [4.78, 5) is 38.4. The minimum atomic E-state index is -0.555. The van der Waals surface area contributed by atoms with Crippen LogP contribution in [0.4, 0.5) is 10.2 Å². The molecule has 3 aromatic heterocycles. The molecule has 0 radical (unpaired) electrons. The summed E-state index contributed by atoms with van der Waals surface area (Å²) in [5.41, 5.74) is 9.02. The normalized spacial score (nSPS) is 12.1. The molecule has 0 unspecified atom stereocenters. The fourth-order valence-corrected chi connectivity index (χ4v) is 4.84. The van der Waals surface area contributed by atoms with Gasteiger partial charge < -0.3 is 20.7 Å². The molecule has 0 saturated carbocycles. The number of aromatic nitrogens is 5. The van der Waals surface area contributed by atoms with Gasteiger partial charge in [0.05, 0.1) is 23.0 Å². The second kappa shape index (κ2) is 11.5. The van der Waals surface area contributed by atoms with Gasteiger partial charge in [0.15, 0.2) is 11.4 Å². The molecule has 0 spiro atoms. The van der Waals surface area contributed by atoms with E-state index in [9.17, 15) is 19.1 Å². The van der Waals surface area contributed by atoms with E-state index >= 15 is 0 Å². The highest BCUT2D eigenvalue weighted by Crippen LogP contribution is 2.31. The first-order valence-electron chi connectivity index (χ1n) is 12.7. The van der Waals surface area contributed by atoms with Gasteiger partial charge in [-0.15, -0.1) is 0 Å². The number of halogens is 1. The molecule has 0 aliphatic carbocycles. The molecule has 200 valence electrons. The van der Waals surface area contributed by atoms with Gasteiger partial charge in [-0.3, -0.25) is 9.59 Å². The zero-order chi connectivity index (χ0) is 27.4. The van der Waals surface area contributed by atoms with E-state index in [0.717, 1.165) is 6.42 Å². The fraction of sp³-hybridized carbons (Fsp3) is 0.370. The Morgan fingerprint density at radius 2 is 2.05 bits per heavy atom. The number of ketones is 1. The van der Waals surface area contributed by atoms with Crippen LogP contribution in [-0.2, 0) is 11.2 Å². The molecule has 4 aromatic rings. The number of aromatic amines is 1. The van der Waals surface area contributed by atoms with Crippen molar-refractivity contribution >= 4 is 23.2 Å². The summed E-state index contributed by atoms with van der Waals surface area (Å²) in [7, 11) is 0. The molecule has 4 N–H and O–H groups in total. The Kier molecular flexibility index (Phi) is 8.16. The predicted molar refractivity (Wildman–Crippen MR) is 142 cm³/mol. The fourth-order valence-electron chi connectivity index (χ4n) is 4.84. The quantitative estimate of drug-likeness (QED) is 0.256. The number of nitrogens with one attached hydrogen (secondary N) is 1. The minimum absolute atomic E-state index is 0.138. The Balaban J connectivity index is 1.73. The third kappa shape index (κ3) is 5.14. The smallest absolute Gasteiger partial charge is 0.248 e. The van der Waals surface area contributed by atoms with Crippen LogP contribution in [0.5, 0.6) is 0 Å². The molecule has 0 aliphatic heterocycles. The molecule has 0 aliphatic rings. The van der Waals surface area contributed by atoms with Crippen molar-refractivity contribution in [3.8, 4) is 22.5 Å². The van der Waals surface area contributed by atoms with Crippen LogP contribution in [0.3, 0.4) is 0 Å². The van der Waals surface area contributed by atoms with E-state index in [-0.39, 0.29) is 29.1 Å². The summed E-state index contributed by atoms with van der Waals surface area (Å²) in [5.74, 6) is -0.455. The van der Waals surface area contributed by atoms with Crippen molar-refractivity contribution in [1.29, 1.82) is 0 Å². The largest absolute Gasteiger partial charge is 0.387 e. The molecule has 0 bridgehead atoms. The SMILES string of the molecule is CCCN(C(=O)CO)[C@H](CC)CCc1nc2c(-c3ccc(-c4ncc[nH]4)c(F)c3)cnn2c(N)c1C(C)=O. The number of nitrogens with zero attached hydrogens (tertiary/aromatic N) is 5. The van der Waals surface area contributed by atoms with Crippen LogP contribution in [0, 0.1) is 5.82 Å². The topological polar surface area (TPSA) is 142 Å². The molecule has 3 heterocycles. The van der Waals surface area contributed by atoms with Gasteiger partial charge in [-0.05, 0) is 50.3 Å². The molecule has 38 heavy (non-hydrogen) atoms. The average Bonchev–Trinajstić information content (AvgIpc) is 3.58. The van der Waals surface area contributed by atoms with Gasteiger partial charge >= 0.3 is 0 Å². The molecule has 10 nitrogen and oxygen atoms in total. The number of aliphatic hydroxyl groups is 1. The lowest BCUT2D eigenvalue weighted by Gasteiger charge is -2.30. The Labute approximate surface area is 219 Å². The van der Waals surface area contributed by atoms with Crippen molar-refractivity contribution in [3.63, 3.8) is 0 Å². The zero-order valence-electron chi connectivity index (χ0n) is 21.7. The van der Waals surface area contributed by atoms with Gasteiger partial charge in [0.25, 0.3) is 0 Å². The maximum Gasteiger partial charge on any atom is 0.248 e. The third-order valence-electron chi connectivity index (χ3n) is 6.69. The van der Waals surface area contributed by atoms with Crippen LogP contribution in [0.1, 0.15) is 56.1 Å². The van der Waals surface area contributed by atoms with Crippen LogP contribution in [0.25, 0.3) is 28.2 Å². The lowest BCUT2D eigenvalue weighted by molar-refractivity contribution is -0.136. The highest BCUT2D eigenvalue weighted by atomic mass is 19.1. The number of fused-ring (bicyclic) bond motifs is 1. The summed E-state index contributed by atoms with van der Waals surface area (Å²) in [5, 5.41) is 13.8. The number of H-pyrrole nitrogens is 1. The number of amides is 1. The van der Waals surface area contributed by atoms with E-state index in [1.807, 2.05) is 13.8 Å². The average molecular weight is 522 g/mol. The highest BCUT2D eigenvalue weighted by molar-refractivity contribution is 6.00. The molecule has 1 amide bonds. The van der Waals surface area contributed by atoms with Crippen molar-refractivity contribution in [2.24, 2.45) is 0 Å². The molecule has 11 heteroatoms. The number of anilines is 1. The van der Waals surface area contributed by atoms with Crippen molar-refractivity contribution < 1.29 is 19.1 Å². The second-order valence-electron chi connectivity index (χ2n) is 9.15.